The number of hydrogen-bond acceptors (Lipinski definition) is 12. The van der Waals surface area contributed by atoms with Crippen LogP contribution in [0, 0.1) is 20.8 Å². The third-order valence-electron chi connectivity index (χ3n) is 10.1. The molecule has 6 aromatic rings. The molecule has 13 heteroatoms. The number of carbonyl (C=O) groups is 3. The number of benzene rings is 6. The van der Waals surface area contributed by atoms with Gasteiger partial charge in [-0.1, -0.05) is 49.0 Å². The third-order valence-corrected chi connectivity index (χ3v) is 10.1. The molecule has 6 aromatic carbocycles. The number of carbonyl (C=O) groups excluding carboxylic acids is 2. The van der Waals surface area contributed by atoms with E-state index < -0.39 is 5.97 Å². The van der Waals surface area contributed by atoms with Crippen LogP contribution in [0.3, 0.4) is 0 Å². The number of allylic oxidation sites excluding steroid dienone is 1. The highest BCUT2D eigenvalue weighted by Gasteiger charge is 2.19. The zero-order valence-corrected chi connectivity index (χ0v) is 40.9. The number of carboxylic acids is 1. The van der Waals surface area contributed by atoms with Crippen molar-refractivity contribution < 1.29 is 62.1 Å². The Bertz CT molecular complexity index is 2630. The highest BCUT2D eigenvalue weighted by atomic mass is 16.5. The minimum absolute atomic E-state index is 0.00377. The van der Waals surface area contributed by atoms with Crippen molar-refractivity contribution in [1.29, 1.82) is 0 Å². The molecular weight excluding hydrogens is 869 g/mol. The van der Waals surface area contributed by atoms with Crippen molar-refractivity contribution >= 4 is 23.1 Å². The van der Waals surface area contributed by atoms with E-state index in [4.69, 9.17) is 47.7 Å². The van der Waals surface area contributed by atoms with Crippen molar-refractivity contribution in [3.05, 3.63) is 166 Å². The van der Waals surface area contributed by atoms with Crippen LogP contribution >= 0.6 is 0 Å². The van der Waals surface area contributed by atoms with E-state index in [1.54, 1.807) is 104 Å². The molecule has 0 saturated carbocycles. The van der Waals surface area contributed by atoms with Crippen LogP contribution < -0.4 is 42.6 Å². The fraction of sp³-hybridized carbons (Fsp3) is 0.255. The van der Waals surface area contributed by atoms with E-state index in [-0.39, 0.29) is 24.4 Å². The van der Waals surface area contributed by atoms with Crippen LogP contribution in [0.15, 0.2) is 122 Å². The topological polar surface area (TPSA) is 155 Å². The van der Waals surface area contributed by atoms with Crippen LogP contribution in [0.5, 0.6) is 51.7 Å². The lowest BCUT2D eigenvalue weighted by Gasteiger charge is -2.12. The average Bonchev–Trinajstić information content (AvgIpc) is 3.35. The number of methoxy groups -OCH3 is 9. The molecule has 0 aliphatic heterocycles. The molecule has 1 N–H and O–H groups in total. The van der Waals surface area contributed by atoms with E-state index in [0.717, 1.165) is 22.4 Å². The Labute approximate surface area is 399 Å². The summed E-state index contributed by atoms with van der Waals surface area (Å²) in [6, 6.07) is 34.8. The number of aryl methyl sites for hydroxylation is 3. The lowest BCUT2D eigenvalue weighted by molar-refractivity contribution is -0.136. The highest BCUT2D eigenvalue weighted by molar-refractivity contribution is 6.29. The summed E-state index contributed by atoms with van der Waals surface area (Å²) < 4.78 is 46.6. The monoisotopic (exact) mass is 930 g/mol. The van der Waals surface area contributed by atoms with E-state index in [1.807, 2.05) is 81.4 Å². The molecule has 68 heavy (non-hydrogen) atoms. The maximum atomic E-state index is 12.7. The molecule has 0 aliphatic rings. The molecule has 0 heterocycles. The molecule has 6 rings (SSSR count). The van der Waals surface area contributed by atoms with Gasteiger partial charge in [0.15, 0.2) is 46.1 Å². The van der Waals surface area contributed by atoms with Gasteiger partial charge in [-0.15, -0.1) is 0 Å². The summed E-state index contributed by atoms with van der Waals surface area (Å²) in [7, 11) is 14.1. The van der Waals surface area contributed by atoms with E-state index in [9.17, 15) is 14.4 Å². The van der Waals surface area contributed by atoms with Gasteiger partial charge in [-0.25, -0.2) is 0 Å². The quantitative estimate of drug-likeness (QED) is 0.0682. The maximum absolute atomic E-state index is 12.7. The van der Waals surface area contributed by atoms with Gasteiger partial charge in [0.05, 0.1) is 81.5 Å². The molecule has 0 aromatic heterocycles. The van der Waals surface area contributed by atoms with E-state index in [2.05, 4.69) is 6.58 Å². The van der Waals surface area contributed by atoms with Crippen LogP contribution in [0.4, 0.5) is 0 Å². The maximum Gasteiger partial charge on any atom is 0.307 e. The smallest absolute Gasteiger partial charge is 0.307 e. The molecule has 0 amide bonds. The number of rotatable bonds is 17. The molecule has 0 aliphatic carbocycles. The SMILES string of the molecule is C=C(C(=O)c1ccc(C)cc1OC)c1ccc(OC)c(OC)c1.COc1ccc(CC(=O)O)cc1OC.COc1ccc(CC(=O)c2ccc(C)cc2OC)cc1OC.COc1cccc(C)c1. The van der Waals surface area contributed by atoms with Crippen LogP contribution in [0.2, 0.25) is 0 Å². The Balaban J connectivity index is 0.000000253. The van der Waals surface area contributed by atoms with Crippen molar-refractivity contribution in [2.24, 2.45) is 0 Å². The molecule has 0 spiro atoms. The second-order valence-corrected chi connectivity index (χ2v) is 14.9. The van der Waals surface area contributed by atoms with Gasteiger partial charge in [0.25, 0.3) is 0 Å². The Hall–Kier alpha value is -7.93. The van der Waals surface area contributed by atoms with Crippen LogP contribution in [0.25, 0.3) is 5.57 Å². The number of ketones is 2. The zero-order valence-electron chi connectivity index (χ0n) is 40.9. The first-order valence-electron chi connectivity index (χ1n) is 21.1. The molecule has 360 valence electrons. The summed E-state index contributed by atoms with van der Waals surface area (Å²) in [5.74, 6) is 4.58. The highest BCUT2D eigenvalue weighted by Crippen LogP contribution is 2.33. The summed E-state index contributed by atoms with van der Waals surface area (Å²) in [5, 5.41) is 8.58. The number of aliphatic carboxylic acids is 1. The normalized spacial score (nSPS) is 9.88. The number of carboxylic acid groups (broad SMARTS) is 1. The van der Waals surface area contributed by atoms with Gasteiger partial charge in [-0.3, -0.25) is 14.4 Å². The van der Waals surface area contributed by atoms with E-state index >= 15 is 0 Å². The van der Waals surface area contributed by atoms with Crippen molar-refractivity contribution in [2.45, 2.75) is 33.6 Å². The summed E-state index contributed by atoms with van der Waals surface area (Å²) >= 11 is 0. The molecule has 0 saturated heterocycles. The Morgan fingerprint density at radius 3 is 1.29 bits per heavy atom. The predicted molar refractivity (Wildman–Crippen MR) is 265 cm³/mol. The summed E-state index contributed by atoms with van der Waals surface area (Å²) in [5.41, 5.74) is 6.98. The van der Waals surface area contributed by atoms with Gasteiger partial charge in [0, 0.05) is 12.0 Å². The van der Waals surface area contributed by atoms with Gasteiger partial charge in [-0.2, -0.15) is 0 Å². The molecule has 0 unspecified atom stereocenters. The van der Waals surface area contributed by atoms with Gasteiger partial charge >= 0.3 is 5.97 Å². The number of hydrogen-bond donors (Lipinski definition) is 1. The predicted octanol–water partition coefficient (Wildman–Crippen LogP) is 10.7. The van der Waals surface area contributed by atoms with Gasteiger partial charge in [0.1, 0.15) is 17.2 Å². The standard InChI is InChI=1S/C19H20O4.C18H20O4.C10H12O4.C8H10O/c1-12-6-8-15(17(10-12)22-4)19(20)13(2)14-7-9-16(21-3)18(11-14)23-5;1-12-5-7-14(17(9-12)21-3)15(19)10-13-6-8-16(20-2)18(11-13)22-4;1-13-8-4-3-7(6-10(11)12)5-9(8)14-2;1-7-4-3-5-8(6-7)9-2/h6-11H,2H2,1,3-5H3;5-9,11H,10H2,1-4H3;3-5H,6H2,1-2H3,(H,11,12);3-6H,1-2H3. The van der Waals surface area contributed by atoms with Crippen LogP contribution in [-0.2, 0) is 17.6 Å². The van der Waals surface area contributed by atoms with Crippen LogP contribution in [0.1, 0.15) is 54.1 Å². The fourth-order valence-corrected chi connectivity index (χ4v) is 6.51. The van der Waals surface area contributed by atoms with Crippen molar-refractivity contribution in [3.8, 4) is 51.7 Å². The Morgan fingerprint density at radius 1 is 0.426 bits per heavy atom. The average molecular weight is 931 g/mol. The molecule has 0 atom stereocenters. The molecule has 13 nitrogen and oxygen atoms in total. The number of Topliss-reactive ketones (excluding diaryl/α,β-unsaturated/α-hetero) is 2. The first-order chi connectivity index (χ1) is 32.6. The minimum atomic E-state index is -0.864. The van der Waals surface area contributed by atoms with E-state index in [0.29, 0.717) is 73.8 Å². The lowest BCUT2D eigenvalue weighted by atomic mass is 9.96. The van der Waals surface area contributed by atoms with Crippen LogP contribution in [-0.4, -0.2) is 86.6 Å². The van der Waals surface area contributed by atoms with Gasteiger partial charge in [0.2, 0.25) is 0 Å². The van der Waals surface area contributed by atoms with E-state index in [1.165, 1.54) is 19.8 Å². The van der Waals surface area contributed by atoms with Crippen molar-refractivity contribution in [1.82, 2.24) is 0 Å². The van der Waals surface area contributed by atoms with Gasteiger partial charge in [-0.05, 0) is 127 Å². The minimum Gasteiger partial charge on any atom is -0.497 e. The third kappa shape index (κ3) is 15.9. The molecule has 0 fully saturated rings. The fourth-order valence-electron chi connectivity index (χ4n) is 6.51. The first-order valence-corrected chi connectivity index (χ1v) is 21.1. The Morgan fingerprint density at radius 2 is 0.853 bits per heavy atom. The van der Waals surface area contributed by atoms with Crippen molar-refractivity contribution in [3.63, 3.8) is 0 Å². The number of ether oxygens (including phenoxy) is 9. The zero-order chi connectivity index (χ0) is 50.3. The molecule has 0 bridgehead atoms. The molecular formula is C55H62O13. The second kappa shape index (κ2) is 27.5. The van der Waals surface area contributed by atoms with Gasteiger partial charge < -0.3 is 47.7 Å². The summed E-state index contributed by atoms with van der Waals surface area (Å²) in [6.07, 6.45) is 0.264. The Kier molecular flexibility index (Phi) is 22.0. The molecule has 0 radical (unpaired) electrons. The summed E-state index contributed by atoms with van der Waals surface area (Å²) in [4.78, 5) is 35.7. The largest absolute Gasteiger partial charge is 0.497 e. The second-order valence-electron chi connectivity index (χ2n) is 14.9. The lowest BCUT2D eigenvalue weighted by Crippen LogP contribution is -2.06. The van der Waals surface area contributed by atoms with Crippen molar-refractivity contribution in [2.75, 3.05) is 64.0 Å². The summed E-state index contributed by atoms with van der Waals surface area (Å²) in [6.45, 7) is 9.88. The first kappa shape index (κ1) is 54.4.